The number of amides is 1. The van der Waals surface area contributed by atoms with Crippen LogP contribution in [0.1, 0.15) is 56.1 Å². The lowest BCUT2D eigenvalue weighted by Gasteiger charge is -2.20. The highest BCUT2D eigenvalue weighted by Gasteiger charge is 2.32. The molecule has 2 aromatic carbocycles. The van der Waals surface area contributed by atoms with Gasteiger partial charge in [0.05, 0.1) is 42.7 Å². The van der Waals surface area contributed by atoms with Gasteiger partial charge < -0.3 is 35.3 Å². The lowest BCUT2D eigenvalue weighted by Crippen LogP contribution is -2.30. The SMILES string of the molecule is CCOc1cc2ncc(C(N)=O)c(Nc3cccc(CNCC4COC(C)(C)O4)c3CC)c2cc1OCC. The summed E-state index contributed by atoms with van der Waals surface area (Å²) < 4.78 is 23.2. The Kier molecular flexibility index (Phi) is 8.71. The minimum atomic E-state index is -0.564. The second-order valence-electron chi connectivity index (χ2n) is 9.60. The van der Waals surface area contributed by atoms with Crippen LogP contribution in [0, 0.1) is 0 Å². The molecule has 9 nitrogen and oxygen atoms in total. The second-order valence-corrected chi connectivity index (χ2v) is 9.60. The first-order chi connectivity index (χ1) is 18.3. The van der Waals surface area contributed by atoms with Crippen LogP contribution in [0.3, 0.4) is 0 Å². The third-order valence-electron chi connectivity index (χ3n) is 6.44. The molecule has 0 spiro atoms. The summed E-state index contributed by atoms with van der Waals surface area (Å²) in [6.07, 6.45) is 2.31. The Bertz CT molecular complexity index is 1290. The van der Waals surface area contributed by atoms with Crippen molar-refractivity contribution in [3.63, 3.8) is 0 Å². The van der Waals surface area contributed by atoms with E-state index in [-0.39, 0.29) is 6.10 Å². The summed E-state index contributed by atoms with van der Waals surface area (Å²) >= 11 is 0. The Labute approximate surface area is 224 Å². The van der Waals surface area contributed by atoms with E-state index in [2.05, 4.69) is 28.6 Å². The number of anilines is 2. The largest absolute Gasteiger partial charge is 0.490 e. The standard InChI is InChI=1S/C29H38N4O5/c1-6-20-18(14-31-15-19-17-37-29(4,5)38-19)10-9-11-23(20)33-27-21-12-25(35-7-2)26(36-8-3)13-24(21)32-16-22(27)28(30)34/h9-13,16,19,31H,6-8,14-15,17H2,1-5H3,(H2,30,34)(H,32,33). The van der Waals surface area contributed by atoms with Crippen molar-refractivity contribution in [1.82, 2.24) is 10.3 Å². The molecule has 9 heteroatoms. The Morgan fingerprint density at radius 3 is 2.53 bits per heavy atom. The van der Waals surface area contributed by atoms with E-state index in [0.29, 0.717) is 61.2 Å². The number of primary amides is 1. The average Bonchev–Trinajstić information content (AvgIpc) is 3.23. The van der Waals surface area contributed by atoms with Crippen LogP contribution in [0.4, 0.5) is 11.4 Å². The molecular weight excluding hydrogens is 484 g/mol. The summed E-state index contributed by atoms with van der Waals surface area (Å²) in [4.78, 5) is 16.9. The van der Waals surface area contributed by atoms with E-state index in [1.807, 2.05) is 52.0 Å². The number of benzene rings is 2. The molecule has 1 unspecified atom stereocenters. The average molecular weight is 523 g/mol. The van der Waals surface area contributed by atoms with Crippen LogP contribution in [0.2, 0.25) is 0 Å². The van der Waals surface area contributed by atoms with Crippen molar-refractivity contribution in [2.24, 2.45) is 5.73 Å². The molecular formula is C29H38N4O5. The van der Waals surface area contributed by atoms with Crippen LogP contribution in [-0.4, -0.2) is 49.1 Å². The number of carbonyl (C=O) groups excluding carboxylic acids is 1. The first-order valence-corrected chi connectivity index (χ1v) is 13.2. The number of nitrogens with one attached hydrogen (secondary N) is 2. The fraction of sp³-hybridized carbons (Fsp3) is 0.448. The van der Waals surface area contributed by atoms with Gasteiger partial charge in [0, 0.05) is 36.4 Å². The number of carbonyl (C=O) groups is 1. The van der Waals surface area contributed by atoms with Gasteiger partial charge in [-0.3, -0.25) is 9.78 Å². The van der Waals surface area contributed by atoms with Crippen molar-refractivity contribution in [3.8, 4) is 11.5 Å². The summed E-state index contributed by atoms with van der Waals surface area (Å²) in [5, 5.41) is 7.73. The molecule has 1 aliphatic heterocycles. The Hall–Kier alpha value is -3.40. The molecule has 3 aromatic rings. The van der Waals surface area contributed by atoms with Gasteiger partial charge in [0.25, 0.3) is 5.91 Å². The number of pyridine rings is 1. The molecule has 1 saturated heterocycles. The maximum atomic E-state index is 12.4. The zero-order chi connectivity index (χ0) is 27.3. The number of ether oxygens (including phenoxy) is 4. The number of aromatic nitrogens is 1. The van der Waals surface area contributed by atoms with Crippen molar-refractivity contribution in [3.05, 3.63) is 53.2 Å². The van der Waals surface area contributed by atoms with E-state index in [0.717, 1.165) is 28.6 Å². The first-order valence-electron chi connectivity index (χ1n) is 13.2. The van der Waals surface area contributed by atoms with E-state index >= 15 is 0 Å². The summed E-state index contributed by atoms with van der Waals surface area (Å²) in [5.74, 6) is 0.0888. The maximum absolute atomic E-state index is 12.4. The van der Waals surface area contributed by atoms with Gasteiger partial charge in [-0.25, -0.2) is 0 Å². The van der Waals surface area contributed by atoms with Crippen LogP contribution in [-0.2, 0) is 22.4 Å². The number of hydrogen-bond donors (Lipinski definition) is 3. The highest BCUT2D eigenvalue weighted by atomic mass is 16.7. The molecule has 204 valence electrons. The van der Waals surface area contributed by atoms with Crippen molar-refractivity contribution in [2.45, 2.75) is 59.5 Å². The highest BCUT2D eigenvalue weighted by molar-refractivity contribution is 6.08. The Morgan fingerprint density at radius 2 is 1.89 bits per heavy atom. The number of nitrogens with two attached hydrogens (primary N) is 1. The molecule has 1 atom stereocenters. The quantitative estimate of drug-likeness (QED) is 0.314. The van der Waals surface area contributed by atoms with E-state index in [1.54, 1.807) is 0 Å². The van der Waals surface area contributed by atoms with Gasteiger partial charge in [-0.1, -0.05) is 19.1 Å². The monoisotopic (exact) mass is 522 g/mol. The molecule has 1 aliphatic rings. The van der Waals surface area contributed by atoms with Crippen LogP contribution in [0.5, 0.6) is 11.5 Å². The molecule has 0 bridgehead atoms. The zero-order valence-electron chi connectivity index (χ0n) is 22.8. The summed E-state index contributed by atoms with van der Waals surface area (Å²) in [7, 11) is 0. The first kappa shape index (κ1) is 27.6. The van der Waals surface area contributed by atoms with E-state index in [4.69, 9.17) is 24.7 Å². The second kappa shape index (κ2) is 12.0. The fourth-order valence-corrected chi connectivity index (χ4v) is 4.76. The van der Waals surface area contributed by atoms with Crippen molar-refractivity contribution in [2.75, 3.05) is 31.7 Å². The summed E-state index contributed by atoms with van der Waals surface area (Å²) in [6.45, 7) is 12.7. The van der Waals surface area contributed by atoms with Crippen molar-refractivity contribution >= 4 is 28.2 Å². The lowest BCUT2D eigenvalue weighted by atomic mass is 10.0. The minimum absolute atomic E-state index is 0.0128. The van der Waals surface area contributed by atoms with Crippen LogP contribution in [0.15, 0.2) is 36.5 Å². The normalized spacial score (nSPS) is 16.5. The third-order valence-corrected chi connectivity index (χ3v) is 6.44. The van der Waals surface area contributed by atoms with E-state index < -0.39 is 11.7 Å². The molecule has 0 aliphatic carbocycles. The minimum Gasteiger partial charge on any atom is -0.490 e. The van der Waals surface area contributed by atoms with Crippen LogP contribution < -0.4 is 25.8 Å². The third kappa shape index (κ3) is 6.18. The molecule has 4 rings (SSSR count). The molecule has 0 saturated carbocycles. The van der Waals surface area contributed by atoms with Crippen LogP contribution >= 0.6 is 0 Å². The van der Waals surface area contributed by atoms with E-state index in [1.165, 1.54) is 6.20 Å². The van der Waals surface area contributed by atoms with E-state index in [9.17, 15) is 4.79 Å². The number of fused-ring (bicyclic) bond motifs is 1. The zero-order valence-corrected chi connectivity index (χ0v) is 22.8. The van der Waals surface area contributed by atoms with Gasteiger partial charge in [0.15, 0.2) is 17.3 Å². The molecule has 1 amide bonds. The Morgan fingerprint density at radius 1 is 1.16 bits per heavy atom. The van der Waals surface area contributed by atoms with Crippen molar-refractivity contribution in [1.29, 1.82) is 0 Å². The molecule has 1 fully saturated rings. The fourth-order valence-electron chi connectivity index (χ4n) is 4.76. The number of rotatable bonds is 12. The highest BCUT2D eigenvalue weighted by Crippen LogP contribution is 2.38. The molecule has 38 heavy (non-hydrogen) atoms. The van der Waals surface area contributed by atoms with Crippen LogP contribution in [0.25, 0.3) is 10.9 Å². The number of nitrogens with zero attached hydrogens (tertiary/aromatic N) is 1. The van der Waals surface area contributed by atoms with Gasteiger partial charge >= 0.3 is 0 Å². The topological polar surface area (TPSA) is 117 Å². The van der Waals surface area contributed by atoms with Gasteiger partial charge in [-0.2, -0.15) is 0 Å². The summed E-state index contributed by atoms with van der Waals surface area (Å²) in [6, 6.07) is 9.80. The van der Waals surface area contributed by atoms with Crippen molar-refractivity contribution < 1.29 is 23.7 Å². The van der Waals surface area contributed by atoms with Gasteiger partial charge in [0.2, 0.25) is 0 Å². The molecule has 4 N–H and O–H groups in total. The smallest absolute Gasteiger partial charge is 0.252 e. The lowest BCUT2D eigenvalue weighted by molar-refractivity contribution is -0.137. The predicted molar refractivity (Wildman–Crippen MR) is 148 cm³/mol. The maximum Gasteiger partial charge on any atom is 0.252 e. The van der Waals surface area contributed by atoms with Gasteiger partial charge in [-0.15, -0.1) is 0 Å². The predicted octanol–water partition coefficient (Wildman–Crippen LogP) is 4.68. The summed E-state index contributed by atoms with van der Waals surface area (Å²) in [5.41, 5.74) is 10.5. The Balaban J connectivity index is 1.66. The molecule has 0 radical (unpaired) electrons. The van der Waals surface area contributed by atoms with Gasteiger partial charge in [-0.05, 0) is 57.4 Å². The number of hydrogen-bond acceptors (Lipinski definition) is 8. The molecule has 1 aromatic heterocycles. The van der Waals surface area contributed by atoms with Gasteiger partial charge in [0.1, 0.15) is 0 Å². The molecule has 2 heterocycles.